The minimum Gasteiger partial charge on any atom is -0.307 e. The van der Waals surface area contributed by atoms with E-state index in [0.29, 0.717) is 4.90 Å². The Morgan fingerprint density at radius 2 is 1.59 bits per heavy atom. The minimum atomic E-state index is -5.76. The van der Waals surface area contributed by atoms with Crippen LogP contribution in [0.15, 0.2) is 67.2 Å². The van der Waals surface area contributed by atoms with Gasteiger partial charge in [-0.25, -0.2) is 4.39 Å². The third kappa shape index (κ3) is 4.92. The Morgan fingerprint density at radius 1 is 1.07 bits per heavy atom. The standard InChI is InChI=1S/C18H20F5NO2Si/c1-4-27(5-2,6-3)13-12-24(15-10-8-7-9-11-15)16(25)17(20,26-14-19)18(21,22)23/h4-11H,1-3,12-14H2. The first-order valence-electron chi connectivity index (χ1n) is 7.84. The topological polar surface area (TPSA) is 29.5 Å². The predicted octanol–water partition coefficient (Wildman–Crippen LogP) is 4.82. The van der Waals surface area contributed by atoms with Gasteiger partial charge in [0.15, 0.2) is 6.86 Å². The molecule has 1 aromatic rings. The Bertz CT molecular complexity index is 658. The summed E-state index contributed by atoms with van der Waals surface area (Å²) < 4.78 is 69.9. The van der Waals surface area contributed by atoms with Gasteiger partial charge in [0.1, 0.15) is 8.07 Å². The zero-order valence-electron chi connectivity index (χ0n) is 14.5. The fourth-order valence-corrected chi connectivity index (χ4v) is 4.05. The Labute approximate surface area is 155 Å². The third-order valence-corrected chi connectivity index (χ3v) is 7.48. The van der Waals surface area contributed by atoms with Crippen LogP contribution >= 0.6 is 0 Å². The highest BCUT2D eigenvalue weighted by Crippen LogP contribution is 2.38. The second-order valence-electron chi connectivity index (χ2n) is 5.61. The Balaban J connectivity index is 3.34. The lowest BCUT2D eigenvalue weighted by Crippen LogP contribution is -2.57. The third-order valence-electron chi connectivity index (χ3n) is 4.11. The molecule has 9 heteroatoms. The number of alkyl halides is 5. The van der Waals surface area contributed by atoms with Gasteiger partial charge in [-0.15, -0.1) is 19.7 Å². The Kier molecular flexibility index (Phi) is 7.67. The van der Waals surface area contributed by atoms with Gasteiger partial charge in [-0.1, -0.05) is 35.3 Å². The van der Waals surface area contributed by atoms with Crippen LogP contribution in [0.5, 0.6) is 0 Å². The molecule has 148 valence electrons. The van der Waals surface area contributed by atoms with Gasteiger partial charge >= 0.3 is 17.9 Å². The van der Waals surface area contributed by atoms with Gasteiger partial charge in [-0.2, -0.15) is 17.6 Å². The van der Waals surface area contributed by atoms with Crippen molar-refractivity contribution >= 4 is 19.7 Å². The molecule has 1 unspecified atom stereocenters. The molecule has 1 rings (SSSR count). The number of anilines is 1. The molecule has 3 nitrogen and oxygen atoms in total. The zero-order chi connectivity index (χ0) is 20.7. The summed E-state index contributed by atoms with van der Waals surface area (Å²) in [5.41, 5.74) is 4.78. The fourth-order valence-electron chi connectivity index (χ4n) is 2.33. The van der Waals surface area contributed by atoms with Crippen LogP contribution in [0.2, 0.25) is 6.04 Å². The highest BCUT2D eigenvalue weighted by Gasteiger charge is 2.65. The van der Waals surface area contributed by atoms with Gasteiger partial charge in [-0.3, -0.25) is 9.53 Å². The first-order valence-corrected chi connectivity index (χ1v) is 10.3. The van der Waals surface area contributed by atoms with Crippen LogP contribution in [0.1, 0.15) is 0 Å². The van der Waals surface area contributed by atoms with E-state index in [2.05, 4.69) is 24.5 Å². The molecule has 0 aliphatic rings. The number of ether oxygens (including phenoxy) is 1. The lowest BCUT2D eigenvalue weighted by Gasteiger charge is -2.33. The maximum absolute atomic E-state index is 14.5. The monoisotopic (exact) mass is 405 g/mol. The smallest absolute Gasteiger partial charge is 0.307 e. The lowest BCUT2D eigenvalue weighted by atomic mass is 10.2. The molecular weight excluding hydrogens is 385 g/mol. The molecule has 1 amide bonds. The van der Waals surface area contributed by atoms with Crippen molar-refractivity contribution < 1.29 is 31.5 Å². The van der Waals surface area contributed by atoms with E-state index in [1.165, 1.54) is 24.3 Å². The molecular formula is C18H20F5NO2Si. The van der Waals surface area contributed by atoms with Crippen molar-refractivity contribution in [1.29, 1.82) is 0 Å². The van der Waals surface area contributed by atoms with Crippen LogP contribution in [0.3, 0.4) is 0 Å². The summed E-state index contributed by atoms with van der Waals surface area (Å²) in [5.74, 6) is -6.86. The first kappa shape index (κ1) is 22.8. The Morgan fingerprint density at radius 3 is 2.00 bits per heavy atom. The SMILES string of the molecule is C=C[Si](C=C)(C=C)CCN(C(=O)C(F)(OCF)C(F)(F)F)c1ccccc1. The van der Waals surface area contributed by atoms with Gasteiger partial charge in [0.2, 0.25) is 0 Å². The molecule has 0 bridgehead atoms. The van der Waals surface area contributed by atoms with Crippen LogP contribution in [0, 0.1) is 0 Å². The molecule has 1 atom stereocenters. The van der Waals surface area contributed by atoms with E-state index < -0.39 is 32.9 Å². The summed E-state index contributed by atoms with van der Waals surface area (Å²) in [7, 11) is -2.50. The van der Waals surface area contributed by atoms with E-state index in [0.717, 1.165) is 0 Å². The predicted molar refractivity (Wildman–Crippen MR) is 96.9 cm³/mol. The molecule has 0 heterocycles. The van der Waals surface area contributed by atoms with E-state index in [9.17, 15) is 26.7 Å². The van der Waals surface area contributed by atoms with Crippen LogP contribution in [-0.2, 0) is 9.53 Å². The van der Waals surface area contributed by atoms with E-state index in [1.54, 1.807) is 23.2 Å². The number of hydrogen-bond acceptors (Lipinski definition) is 2. The van der Waals surface area contributed by atoms with Gasteiger partial charge in [0.25, 0.3) is 0 Å². The van der Waals surface area contributed by atoms with Crippen molar-refractivity contribution in [3.8, 4) is 0 Å². The van der Waals surface area contributed by atoms with Gasteiger partial charge < -0.3 is 4.90 Å². The molecule has 0 fully saturated rings. The summed E-state index contributed by atoms with van der Waals surface area (Å²) in [4.78, 5) is 13.0. The van der Waals surface area contributed by atoms with Crippen molar-refractivity contribution in [2.75, 3.05) is 18.3 Å². The second-order valence-corrected chi connectivity index (χ2v) is 9.56. The van der Waals surface area contributed by atoms with Crippen molar-refractivity contribution in [3.05, 3.63) is 67.2 Å². The number of halogens is 5. The average Bonchev–Trinajstić information content (AvgIpc) is 2.65. The van der Waals surface area contributed by atoms with Crippen molar-refractivity contribution in [2.24, 2.45) is 0 Å². The van der Waals surface area contributed by atoms with Crippen molar-refractivity contribution in [2.45, 2.75) is 18.1 Å². The lowest BCUT2D eigenvalue weighted by molar-refractivity contribution is -0.321. The average molecular weight is 405 g/mol. The number of benzene rings is 1. The molecule has 0 N–H and O–H groups in total. The normalized spacial score (nSPS) is 14.1. The molecule has 0 aliphatic heterocycles. The highest BCUT2D eigenvalue weighted by atomic mass is 28.3. The van der Waals surface area contributed by atoms with Gasteiger partial charge in [0.05, 0.1) is 0 Å². The number of carbonyl (C=O) groups excluding carboxylic acids is 1. The molecule has 1 aromatic carbocycles. The van der Waals surface area contributed by atoms with Crippen molar-refractivity contribution in [1.82, 2.24) is 0 Å². The van der Waals surface area contributed by atoms with Crippen LogP contribution in [0.4, 0.5) is 27.6 Å². The quantitative estimate of drug-likeness (QED) is 0.413. The highest BCUT2D eigenvalue weighted by molar-refractivity contribution is 6.93. The summed E-state index contributed by atoms with van der Waals surface area (Å²) in [6.07, 6.45) is -5.76. The zero-order valence-corrected chi connectivity index (χ0v) is 15.5. The van der Waals surface area contributed by atoms with E-state index in [-0.39, 0.29) is 18.3 Å². The number of carbonyl (C=O) groups is 1. The summed E-state index contributed by atoms with van der Waals surface area (Å²) in [5, 5.41) is 0. The van der Waals surface area contributed by atoms with Gasteiger partial charge in [0, 0.05) is 12.2 Å². The van der Waals surface area contributed by atoms with Crippen molar-refractivity contribution in [3.63, 3.8) is 0 Å². The van der Waals surface area contributed by atoms with E-state index in [1.807, 2.05) is 0 Å². The summed E-state index contributed by atoms with van der Waals surface area (Å²) in [6, 6.07) is 7.35. The molecule has 0 radical (unpaired) electrons. The van der Waals surface area contributed by atoms with Crippen LogP contribution < -0.4 is 4.90 Å². The second kappa shape index (κ2) is 9.09. The summed E-state index contributed by atoms with van der Waals surface area (Å²) in [6.45, 7) is 8.61. The number of nitrogens with zero attached hydrogens (tertiary/aromatic N) is 1. The van der Waals surface area contributed by atoms with E-state index in [4.69, 9.17) is 0 Å². The van der Waals surface area contributed by atoms with Gasteiger partial charge in [-0.05, 0) is 18.2 Å². The molecule has 27 heavy (non-hydrogen) atoms. The van der Waals surface area contributed by atoms with Crippen LogP contribution in [0.25, 0.3) is 0 Å². The molecule has 0 saturated heterocycles. The van der Waals surface area contributed by atoms with Crippen LogP contribution in [-0.4, -0.2) is 39.4 Å². The molecule has 0 aromatic heterocycles. The minimum absolute atomic E-state index is 0.0105. The summed E-state index contributed by atoms with van der Waals surface area (Å²) >= 11 is 0. The number of para-hydroxylation sites is 1. The fraction of sp³-hybridized carbons (Fsp3) is 0.278. The molecule has 0 spiro atoms. The Hall–Kier alpha value is -2.26. The number of rotatable bonds is 10. The number of amides is 1. The maximum atomic E-state index is 14.5. The first-order chi connectivity index (χ1) is 12.6. The molecule has 0 aliphatic carbocycles. The largest absolute Gasteiger partial charge is 0.458 e. The van der Waals surface area contributed by atoms with E-state index >= 15 is 0 Å². The maximum Gasteiger partial charge on any atom is 0.458 e. The molecule has 0 saturated carbocycles. The number of hydrogen-bond donors (Lipinski definition) is 0.